The highest BCUT2D eigenvalue weighted by Gasteiger charge is 2.09. The van der Waals surface area contributed by atoms with Crippen LogP contribution in [0.3, 0.4) is 0 Å². The van der Waals surface area contributed by atoms with E-state index in [2.05, 4.69) is 36.6 Å². The lowest BCUT2D eigenvalue weighted by atomic mass is 10.1. The van der Waals surface area contributed by atoms with Gasteiger partial charge in [0.15, 0.2) is 0 Å². The van der Waals surface area contributed by atoms with Crippen molar-refractivity contribution >= 4 is 17.3 Å². The molecule has 134 valence electrons. The lowest BCUT2D eigenvalue weighted by Crippen LogP contribution is -2.22. The normalized spacial score (nSPS) is 11.7. The molecule has 0 saturated heterocycles. The highest BCUT2D eigenvalue weighted by Crippen LogP contribution is 2.22. The summed E-state index contributed by atoms with van der Waals surface area (Å²) in [5.41, 5.74) is 5.12. The van der Waals surface area contributed by atoms with Crippen LogP contribution in [-0.4, -0.2) is 18.6 Å². The average Bonchev–Trinajstić information content (AvgIpc) is 2.56. The van der Waals surface area contributed by atoms with Crippen molar-refractivity contribution < 1.29 is 9.53 Å². The van der Waals surface area contributed by atoms with Crippen LogP contribution >= 0.6 is 0 Å². The molecule has 0 spiro atoms. The molecular weight excluding hydrogens is 312 g/mol. The van der Waals surface area contributed by atoms with Crippen LogP contribution in [0.1, 0.15) is 37.0 Å². The first-order valence-electron chi connectivity index (χ1n) is 8.77. The molecule has 2 rings (SSSR count). The number of ether oxygens (including phenoxy) is 1. The third-order valence-electron chi connectivity index (χ3n) is 4.14. The molecule has 1 unspecified atom stereocenters. The number of hydrogen-bond donors (Lipinski definition) is 2. The average molecular weight is 340 g/mol. The van der Waals surface area contributed by atoms with Crippen LogP contribution in [0.2, 0.25) is 0 Å². The number of hydrogen-bond acceptors (Lipinski definition) is 3. The molecule has 0 aliphatic heterocycles. The fourth-order valence-corrected chi connectivity index (χ4v) is 2.74. The van der Waals surface area contributed by atoms with Crippen molar-refractivity contribution in [1.29, 1.82) is 0 Å². The maximum Gasteiger partial charge on any atom is 0.243 e. The quantitative estimate of drug-likeness (QED) is 0.758. The Bertz CT molecular complexity index is 717. The summed E-state index contributed by atoms with van der Waals surface area (Å²) in [6.45, 7) is 10.4. The van der Waals surface area contributed by atoms with Crippen LogP contribution in [0.25, 0.3) is 0 Å². The predicted octanol–water partition coefficient (Wildman–Crippen LogP) is 4.84. The molecule has 0 heterocycles. The van der Waals surface area contributed by atoms with E-state index in [1.54, 1.807) is 0 Å². The van der Waals surface area contributed by atoms with E-state index in [1.807, 2.05) is 45.0 Å². The molecule has 25 heavy (non-hydrogen) atoms. The zero-order chi connectivity index (χ0) is 18.4. The predicted molar refractivity (Wildman–Crippen MR) is 105 cm³/mol. The monoisotopic (exact) mass is 340 g/mol. The SMILES string of the molecule is CCC(C)Oc1cccc(NCC(=O)Nc2c(C)cc(C)cc2C)c1. The summed E-state index contributed by atoms with van der Waals surface area (Å²) in [5.74, 6) is 0.744. The summed E-state index contributed by atoms with van der Waals surface area (Å²) in [7, 11) is 0. The minimum Gasteiger partial charge on any atom is -0.491 e. The topological polar surface area (TPSA) is 50.4 Å². The van der Waals surface area contributed by atoms with Gasteiger partial charge in [0.25, 0.3) is 0 Å². The second-order valence-corrected chi connectivity index (χ2v) is 6.54. The fourth-order valence-electron chi connectivity index (χ4n) is 2.74. The standard InChI is InChI=1S/C21H28N2O2/c1-6-17(5)25-19-9-7-8-18(12-19)22-13-20(24)23-21-15(3)10-14(2)11-16(21)4/h7-12,17,22H,6,13H2,1-5H3,(H,23,24). The van der Waals surface area contributed by atoms with Crippen LogP contribution in [0.15, 0.2) is 36.4 Å². The minimum absolute atomic E-state index is 0.0664. The van der Waals surface area contributed by atoms with E-state index in [-0.39, 0.29) is 18.6 Å². The van der Waals surface area contributed by atoms with E-state index in [1.165, 1.54) is 5.56 Å². The van der Waals surface area contributed by atoms with Gasteiger partial charge < -0.3 is 15.4 Å². The Labute approximate surface area is 150 Å². The van der Waals surface area contributed by atoms with Crippen LogP contribution < -0.4 is 15.4 Å². The molecule has 2 aromatic carbocycles. The van der Waals surface area contributed by atoms with Gasteiger partial charge in [0, 0.05) is 17.4 Å². The molecule has 1 atom stereocenters. The largest absolute Gasteiger partial charge is 0.491 e. The molecule has 4 nitrogen and oxygen atoms in total. The molecular formula is C21H28N2O2. The summed E-state index contributed by atoms with van der Waals surface area (Å²) < 4.78 is 5.81. The summed E-state index contributed by atoms with van der Waals surface area (Å²) in [6, 6.07) is 11.8. The molecule has 0 aromatic heterocycles. The smallest absolute Gasteiger partial charge is 0.243 e. The number of rotatable bonds is 7. The third-order valence-corrected chi connectivity index (χ3v) is 4.14. The van der Waals surface area contributed by atoms with E-state index in [0.717, 1.165) is 34.7 Å². The summed E-state index contributed by atoms with van der Waals surface area (Å²) in [6.07, 6.45) is 1.13. The number of benzene rings is 2. The molecule has 4 heteroatoms. The lowest BCUT2D eigenvalue weighted by Gasteiger charge is -2.15. The maximum atomic E-state index is 12.3. The van der Waals surface area contributed by atoms with Crippen molar-refractivity contribution in [1.82, 2.24) is 0 Å². The van der Waals surface area contributed by atoms with Crippen LogP contribution in [0.5, 0.6) is 5.75 Å². The van der Waals surface area contributed by atoms with E-state index in [0.29, 0.717) is 0 Å². The van der Waals surface area contributed by atoms with Crippen molar-refractivity contribution in [2.75, 3.05) is 17.2 Å². The molecule has 0 aliphatic rings. The van der Waals surface area contributed by atoms with Gasteiger partial charge in [-0.2, -0.15) is 0 Å². The summed E-state index contributed by atoms with van der Waals surface area (Å²) in [4.78, 5) is 12.3. The second kappa shape index (κ2) is 8.56. The molecule has 0 saturated carbocycles. The Morgan fingerprint density at radius 1 is 1.12 bits per heavy atom. The Morgan fingerprint density at radius 3 is 2.44 bits per heavy atom. The highest BCUT2D eigenvalue weighted by molar-refractivity contribution is 5.95. The first-order chi connectivity index (χ1) is 11.9. The summed E-state index contributed by atoms with van der Waals surface area (Å²) in [5, 5.41) is 6.15. The van der Waals surface area contributed by atoms with Gasteiger partial charge >= 0.3 is 0 Å². The molecule has 0 aliphatic carbocycles. The fraction of sp³-hybridized carbons (Fsp3) is 0.381. The first kappa shape index (κ1) is 18.8. The Morgan fingerprint density at radius 2 is 1.80 bits per heavy atom. The van der Waals surface area contributed by atoms with Gasteiger partial charge in [-0.15, -0.1) is 0 Å². The number of carbonyl (C=O) groups is 1. The highest BCUT2D eigenvalue weighted by atomic mass is 16.5. The van der Waals surface area contributed by atoms with Crippen molar-refractivity contribution in [3.05, 3.63) is 53.1 Å². The Kier molecular flexibility index (Phi) is 6.45. The van der Waals surface area contributed by atoms with Gasteiger partial charge in [-0.05, 0) is 57.4 Å². The lowest BCUT2D eigenvalue weighted by molar-refractivity contribution is -0.114. The number of nitrogens with one attached hydrogen (secondary N) is 2. The molecule has 2 N–H and O–H groups in total. The van der Waals surface area contributed by atoms with Crippen molar-refractivity contribution in [3.8, 4) is 5.75 Å². The van der Waals surface area contributed by atoms with Crippen LogP contribution in [-0.2, 0) is 4.79 Å². The van der Waals surface area contributed by atoms with Crippen molar-refractivity contribution in [2.45, 2.75) is 47.1 Å². The zero-order valence-electron chi connectivity index (χ0n) is 15.8. The zero-order valence-corrected chi connectivity index (χ0v) is 15.8. The van der Waals surface area contributed by atoms with Gasteiger partial charge in [-0.3, -0.25) is 4.79 Å². The van der Waals surface area contributed by atoms with E-state index in [9.17, 15) is 4.79 Å². The molecule has 0 fully saturated rings. The Hall–Kier alpha value is -2.49. The van der Waals surface area contributed by atoms with Gasteiger partial charge in [-0.1, -0.05) is 30.7 Å². The molecule has 1 amide bonds. The Balaban J connectivity index is 1.95. The van der Waals surface area contributed by atoms with E-state index < -0.39 is 0 Å². The van der Waals surface area contributed by atoms with Gasteiger partial charge in [-0.25, -0.2) is 0 Å². The van der Waals surface area contributed by atoms with Crippen molar-refractivity contribution in [3.63, 3.8) is 0 Å². The van der Waals surface area contributed by atoms with Gasteiger partial charge in [0.05, 0.1) is 12.6 Å². The van der Waals surface area contributed by atoms with Crippen LogP contribution in [0, 0.1) is 20.8 Å². The summed E-state index contributed by atoms with van der Waals surface area (Å²) >= 11 is 0. The van der Waals surface area contributed by atoms with Crippen molar-refractivity contribution in [2.24, 2.45) is 0 Å². The maximum absolute atomic E-state index is 12.3. The van der Waals surface area contributed by atoms with Gasteiger partial charge in [0.2, 0.25) is 5.91 Å². The number of aryl methyl sites for hydroxylation is 3. The number of carbonyl (C=O) groups excluding carboxylic acids is 1. The number of anilines is 2. The third kappa shape index (κ3) is 5.52. The van der Waals surface area contributed by atoms with Crippen LogP contribution in [0.4, 0.5) is 11.4 Å². The molecule has 0 bridgehead atoms. The first-order valence-corrected chi connectivity index (χ1v) is 8.77. The number of amides is 1. The van der Waals surface area contributed by atoms with E-state index in [4.69, 9.17) is 4.74 Å². The van der Waals surface area contributed by atoms with E-state index >= 15 is 0 Å². The molecule has 0 radical (unpaired) electrons. The van der Waals surface area contributed by atoms with Gasteiger partial charge in [0.1, 0.15) is 5.75 Å². The molecule has 2 aromatic rings. The second-order valence-electron chi connectivity index (χ2n) is 6.54. The minimum atomic E-state index is -0.0664.